The predicted molar refractivity (Wildman–Crippen MR) is 122 cm³/mol. The minimum atomic E-state index is -0.0883. The van der Waals surface area contributed by atoms with Gasteiger partial charge in [-0.1, -0.05) is 0 Å². The molecular weight excluding hydrogens is 392 g/mol. The van der Waals surface area contributed by atoms with Crippen molar-refractivity contribution in [2.75, 3.05) is 31.6 Å². The zero-order valence-corrected chi connectivity index (χ0v) is 19.0. The van der Waals surface area contributed by atoms with Gasteiger partial charge in [0, 0.05) is 37.8 Å². The fourth-order valence-corrected chi connectivity index (χ4v) is 4.01. The van der Waals surface area contributed by atoms with Crippen molar-refractivity contribution >= 4 is 11.6 Å². The maximum absolute atomic E-state index is 12.5. The van der Waals surface area contributed by atoms with E-state index >= 15 is 0 Å². The molecule has 1 amide bonds. The molecule has 2 aromatic rings. The first-order valence-electron chi connectivity index (χ1n) is 11.1. The van der Waals surface area contributed by atoms with Gasteiger partial charge in [-0.05, 0) is 53.0 Å². The van der Waals surface area contributed by atoms with Crippen LogP contribution in [0, 0.1) is 13.8 Å². The van der Waals surface area contributed by atoms with Gasteiger partial charge < -0.3 is 20.3 Å². The monoisotopic (exact) mass is 426 g/mol. The molecule has 1 saturated heterocycles. The zero-order valence-electron chi connectivity index (χ0n) is 19.0. The highest BCUT2D eigenvalue weighted by atomic mass is 16.5. The van der Waals surface area contributed by atoms with Crippen LogP contribution in [0.4, 0.5) is 5.69 Å². The summed E-state index contributed by atoms with van der Waals surface area (Å²) in [6.45, 7) is 11.2. The summed E-state index contributed by atoms with van der Waals surface area (Å²) in [5.74, 6) is 0.573. The summed E-state index contributed by atoms with van der Waals surface area (Å²) in [4.78, 5) is 27.6. The third kappa shape index (κ3) is 6.37. The Labute approximate surface area is 184 Å². The number of hydrogen-bond donors (Lipinski definition) is 2. The number of piperidine rings is 1. The molecule has 8 heteroatoms. The molecule has 0 spiro atoms. The Balaban J connectivity index is 1.39. The highest BCUT2D eigenvalue weighted by Crippen LogP contribution is 2.20. The summed E-state index contributed by atoms with van der Waals surface area (Å²) in [5, 5.41) is 6.61. The third-order valence-electron chi connectivity index (χ3n) is 5.85. The number of carbonyl (C=O) groups is 1. The highest BCUT2D eigenvalue weighted by Gasteiger charge is 2.23. The number of amides is 1. The number of likely N-dealkylation sites (tertiary alicyclic amines) is 1. The maximum atomic E-state index is 12.5. The van der Waals surface area contributed by atoms with Gasteiger partial charge in [-0.2, -0.15) is 0 Å². The van der Waals surface area contributed by atoms with Crippen LogP contribution in [0.5, 0.6) is 5.88 Å². The van der Waals surface area contributed by atoms with Crippen LogP contribution in [0.15, 0.2) is 24.7 Å². The number of rotatable bonds is 9. The van der Waals surface area contributed by atoms with Crippen molar-refractivity contribution in [1.82, 2.24) is 25.2 Å². The first-order valence-corrected chi connectivity index (χ1v) is 11.1. The number of pyridine rings is 1. The molecule has 1 aliphatic rings. The second-order valence-corrected chi connectivity index (χ2v) is 8.09. The SMILES string of the molecule is CCOc1ccc(NC2CCN([C@H](C)CCNC(=O)c3c(C)ncnc3C)CC2)cn1. The van der Waals surface area contributed by atoms with Crippen LogP contribution in [0.1, 0.15) is 54.9 Å². The van der Waals surface area contributed by atoms with Crippen LogP contribution in [0.3, 0.4) is 0 Å². The Morgan fingerprint density at radius 1 is 1.19 bits per heavy atom. The normalized spacial score (nSPS) is 16.0. The van der Waals surface area contributed by atoms with E-state index in [-0.39, 0.29) is 5.91 Å². The van der Waals surface area contributed by atoms with E-state index in [4.69, 9.17) is 4.74 Å². The second-order valence-electron chi connectivity index (χ2n) is 8.09. The Hall–Kier alpha value is -2.74. The van der Waals surface area contributed by atoms with Gasteiger partial charge in [0.25, 0.3) is 5.91 Å². The van der Waals surface area contributed by atoms with Crippen LogP contribution in [0.25, 0.3) is 0 Å². The fourth-order valence-electron chi connectivity index (χ4n) is 4.01. The third-order valence-corrected chi connectivity index (χ3v) is 5.85. The number of aromatic nitrogens is 3. The molecule has 0 saturated carbocycles. The maximum Gasteiger partial charge on any atom is 0.254 e. The molecule has 0 unspecified atom stereocenters. The molecule has 0 bridgehead atoms. The lowest BCUT2D eigenvalue weighted by Crippen LogP contribution is -2.44. The number of anilines is 1. The smallest absolute Gasteiger partial charge is 0.254 e. The molecule has 0 aliphatic carbocycles. The van der Waals surface area contributed by atoms with E-state index < -0.39 is 0 Å². The molecular formula is C23H34N6O2. The summed E-state index contributed by atoms with van der Waals surface area (Å²) in [5.41, 5.74) is 3.06. The lowest BCUT2D eigenvalue weighted by Gasteiger charge is -2.36. The average molecular weight is 427 g/mol. The van der Waals surface area contributed by atoms with Gasteiger partial charge in [0.2, 0.25) is 5.88 Å². The van der Waals surface area contributed by atoms with Crippen molar-refractivity contribution < 1.29 is 9.53 Å². The second kappa shape index (κ2) is 11.0. The van der Waals surface area contributed by atoms with Crippen molar-refractivity contribution in [3.8, 4) is 5.88 Å². The molecule has 0 radical (unpaired) electrons. The molecule has 31 heavy (non-hydrogen) atoms. The number of carbonyl (C=O) groups excluding carboxylic acids is 1. The van der Waals surface area contributed by atoms with E-state index in [9.17, 15) is 4.79 Å². The number of hydrogen-bond acceptors (Lipinski definition) is 7. The first kappa shape index (κ1) is 22.9. The number of nitrogens with one attached hydrogen (secondary N) is 2. The topological polar surface area (TPSA) is 92.3 Å². The van der Waals surface area contributed by atoms with Crippen LogP contribution in [0.2, 0.25) is 0 Å². The van der Waals surface area contributed by atoms with Gasteiger partial charge >= 0.3 is 0 Å². The van der Waals surface area contributed by atoms with Gasteiger partial charge in [0.15, 0.2) is 0 Å². The Morgan fingerprint density at radius 2 is 1.90 bits per heavy atom. The summed E-state index contributed by atoms with van der Waals surface area (Å²) >= 11 is 0. The first-order chi connectivity index (χ1) is 15.0. The molecule has 2 N–H and O–H groups in total. The lowest BCUT2D eigenvalue weighted by molar-refractivity contribution is 0.0943. The average Bonchev–Trinajstić information content (AvgIpc) is 2.75. The minimum Gasteiger partial charge on any atom is -0.478 e. The van der Waals surface area contributed by atoms with Crippen LogP contribution < -0.4 is 15.4 Å². The van der Waals surface area contributed by atoms with Gasteiger partial charge in [-0.3, -0.25) is 4.79 Å². The summed E-state index contributed by atoms with van der Waals surface area (Å²) in [6, 6.07) is 4.80. The van der Waals surface area contributed by atoms with Crippen molar-refractivity contribution in [3.05, 3.63) is 41.6 Å². The summed E-state index contributed by atoms with van der Waals surface area (Å²) in [6.07, 6.45) is 6.42. The molecule has 8 nitrogen and oxygen atoms in total. The van der Waals surface area contributed by atoms with Gasteiger partial charge in [0.05, 0.1) is 35.4 Å². The van der Waals surface area contributed by atoms with Crippen molar-refractivity contribution in [2.24, 2.45) is 0 Å². The fraction of sp³-hybridized carbons (Fsp3) is 0.565. The van der Waals surface area contributed by atoms with E-state index in [1.54, 1.807) is 0 Å². The zero-order chi connectivity index (χ0) is 22.2. The van der Waals surface area contributed by atoms with E-state index in [0.717, 1.165) is 49.4 Å². The predicted octanol–water partition coefficient (Wildman–Crippen LogP) is 2.97. The van der Waals surface area contributed by atoms with E-state index in [2.05, 4.69) is 37.4 Å². The van der Waals surface area contributed by atoms with E-state index in [1.807, 2.05) is 39.1 Å². The standard InChI is InChI=1S/C23H34N6O2/c1-5-31-21-7-6-20(14-25-21)28-19-9-12-29(13-10-19)16(2)8-11-24-23(30)22-17(3)26-15-27-18(22)4/h6-7,14-16,19,28H,5,8-13H2,1-4H3,(H,24,30)/t16-/m1/s1. The molecule has 0 aromatic carbocycles. The quantitative estimate of drug-likeness (QED) is 0.637. The number of nitrogens with zero attached hydrogens (tertiary/aromatic N) is 4. The Kier molecular flexibility index (Phi) is 8.17. The van der Waals surface area contributed by atoms with Crippen LogP contribution in [-0.4, -0.2) is 64.1 Å². The number of ether oxygens (including phenoxy) is 1. The van der Waals surface area contributed by atoms with E-state index in [0.29, 0.717) is 36.7 Å². The highest BCUT2D eigenvalue weighted by molar-refractivity contribution is 5.96. The lowest BCUT2D eigenvalue weighted by atomic mass is 10.0. The van der Waals surface area contributed by atoms with Gasteiger partial charge in [-0.25, -0.2) is 15.0 Å². The summed E-state index contributed by atoms with van der Waals surface area (Å²) < 4.78 is 5.40. The Bertz CT molecular complexity index is 829. The molecule has 168 valence electrons. The summed E-state index contributed by atoms with van der Waals surface area (Å²) in [7, 11) is 0. The van der Waals surface area contributed by atoms with Gasteiger partial charge in [-0.15, -0.1) is 0 Å². The van der Waals surface area contributed by atoms with Gasteiger partial charge in [0.1, 0.15) is 6.33 Å². The molecule has 1 aliphatic heterocycles. The molecule has 3 heterocycles. The molecule has 3 rings (SSSR count). The molecule has 1 atom stereocenters. The number of aryl methyl sites for hydroxylation is 2. The largest absolute Gasteiger partial charge is 0.478 e. The van der Waals surface area contributed by atoms with E-state index in [1.165, 1.54) is 6.33 Å². The van der Waals surface area contributed by atoms with Crippen LogP contribution >= 0.6 is 0 Å². The van der Waals surface area contributed by atoms with Crippen molar-refractivity contribution in [3.63, 3.8) is 0 Å². The Morgan fingerprint density at radius 3 is 2.52 bits per heavy atom. The van der Waals surface area contributed by atoms with Crippen molar-refractivity contribution in [1.29, 1.82) is 0 Å². The van der Waals surface area contributed by atoms with Crippen LogP contribution in [-0.2, 0) is 0 Å². The minimum absolute atomic E-state index is 0.0883. The molecule has 1 fully saturated rings. The van der Waals surface area contributed by atoms with Crippen molar-refractivity contribution in [2.45, 2.75) is 59.0 Å². The molecule has 2 aromatic heterocycles.